The third-order valence-electron chi connectivity index (χ3n) is 5.15. The van der Waals surface area contributed by atoms with Gasteiger partial charge in [0.25, 0.3) is 5.91 Å². The van der Waals surface area contributed by atoms with Gasteiger partial charge in [-0.3, -0.25) is 9.78 Å². The summed E-state index contributed by atoms with van der Waals surface area (Å²) in [6.07, 6.45) is 3.01. The second kappa shape index (κ2) is 11.4. The van der Waals surface area contributed by atoms with Gasteiger partial charge in [0.05, 0.1) is 17.4 Å². The van der Waals surface area contributed by atoms with Crippen molar-refractivity contribution in [2.24, 2.45) is 0 Å². The Morgan fingerprint density at radius 1 is 0.969 bits per heavy atom. The minimum atomic E-state index is -0.181. The number of ether oxygens (including phenoxy) is 2. The molecule has 2 aromatic carbocycles. The number of aryl methyl sites for hydroxylation is 2. The van der Waals surface area contributed by atoms with Gasteiger partial charge >= 0.3 is 0 Å². The van der Waals surface area contributed by atoms with Crippen LogP contribution in [0.2, 0.25) is 0 Å². The van der Waals surface area contributed by atoms with Crippen LogP contribution in [-0.4, -0.2) is 23.6 Å². The van der Waals surface area contributed by atoms with Gasteiger partial charge in [-0.2, -0.15) is 0 Å². The van der Waals surface area contributed by atoms with Crippen LogP contribution in [0.15, 0.2) is 60.7 Å². The highest BCUT2D eigenvalue weighted by atomic mass is 16.5. The van der Waals surface area contributed by atoms with Crippen molar-refractivity contribution in [2.75, 3.05) is 11.9 Å². The van der Waals surface area contributed by atoms with Crippen LogP contribution in [0.3, 0.4) is 0 Å². The maximum absolute atomic E-state index is 12.7. The molecule has 0 saturated carbocycles. The Balaban J connectivity index is 1.59. The van der Waals surface area contributed by atoms with Gasteiger partial charge in [0, 0.05) is 24.4 Å². The zero-order valence-corrected chi connectivity index (χ0v) is 19.4. The van der Waals surface area contributed by atoms with Crippen molar-refractivity contribution < 1.29 is 14.3 Å². The SMILES string of the molecule is CCCc1ccc(Oc2ccc(NC(=O)c3ccc(CC(C)OCC)nc3C)cc2)cc1. The monoisotopic (exact) mass is 432 g/mol. The minimum Gasteiger partial charge on any atom is -0.457 e. The van der Waals surface area contributed by atoms with E-state index in [0.29, 0.717) is 23.6 Å². The van der Waals surface area contributed by atoms with Gasteiger partial charge in [-0.25, -0.2) is 0 Å². The highest BCUT2D eigenvalue weighted by Gasteiger charge is 2.13. The maximum Gasteiger partial charge on any atom is 0.257 e. The van der Waals surface area contributed by atoms with E-state index in [0.717, 1.165) is 36.5 Å². The lowest BCUT2D eigenvalue weighted by atomic mass is 10.1. The number of anilines is 1. The Morgan fingerprint density at radius 2 is 1.62 bits per heavy atom. The molecule has 0 saturated heterocycles. The predicted octanol–water partition coefficient (Wildman–Crippen LogP) is 6.35. The average molecular weight is 433 g/mol. The summed E-state index contributed by atoms with van der Waals surface area (Å²) in [6, 6.07) is 19.2. The van der Waals surface area contributed by atoms with E-state index in [1.165, 1.54) is 5.56 Å². The predicted molar refractivity (Wildman–Crippen MR) is 129 cm³/mol. The Labute approximate surface area is 190 Å². The second-order valence-corrected chi connectivity index (χ2v) is 7.88. The number of carbonyl (C=O) groups excluding carboxylic acids is 1. The van der Waals surface area contributed by atoms with Crippen LogP contribution in [0.5, 0.6) is 11.5 Å². The van der Waals surface area contributed by atoms with E-state index in [-0.39, 0.29) is 12.0 Å². The van der Waals surface area contributed by atoms with Crippen LogP contribution in [-0.2, 0) is 17.6 Å². The van der Waals surface area contributed by atoms with Gasteiger partial charge in [0.2, 0.25) is 0 Å². The maximum atomic E-state index is 12.7. The first-order valence-electron chi connectivity index (χ1n) is 11.2. The van der Waals surface area contributed by atoms with Crippen molar-refractivity contribution in [3.05, 3.63) is 83.2 Å². The van der Waals surface area contributed by atoms with Crippen LogP contribution < -0.4 is 10.1 Å². The first-order chi connectivity index (χ1) is 15.5. The van der Waals surface area contributed by atoms with E-state index < -0.39 is 0 Å². The number of hydrogen-bond acceptors (Lipinski definition) is 4. The lowest BCUT2D eigenvalue weighted by molar-refractivity contribution is 0.0761. The molecule has 0 aliphatic rings. The van der Waals surface area contributed by atoms with Crippen molar-refractivity contribution in [3.63, 3.8) is 0 Å². The molecule has 1 heterocycles. The number of aromatic nitrogens is 1. The zero-order chi connectivity index (χ0) is 22.9. The molecule has 0 spiro atoms. The van der Waals surface area contributed by atoms with Crippen LogP contribution in [0, 0.1) is 6.92 Å². The number of nitrogens with one attached hydrogen (secondary N) is 1. The first kappa shape index (κ1) is 23.5. The van der Waals surface area contributed by atoms with E-state index in [1.807, 2.05) is 69.3 Å². The summed E-state index contributed by atoms with van der Waals surface area (Å²) in [5, 5.41) is 2.93. The molecule has 32 heavy (non-hydrogen) atoms. The second-order valence-electron chi connectivity index (χ2n) is 7.88. The Bertz CT molecular complexity index is 1010. The summed E-state index contributed by atoms with van der Waals surface area (Å²) >= 11 is 0. The normalized spacial score (nSPS) is 11.8. The number of amides is 1. The summed E-state index contributed by atoms with van der Waals surface area (Å²) in [5.41, 5.74) is 4.19. The fourth-order valence-corrected chi connectivity index (χ4v) is 3.56. The number of hydrogen-bond donors (Lipinski definition) is 1. The minimum absolute atomic E-state index is 0.0987. The Hall–Kier alpha value is -3.18. The number of pyridine rings is 1. The summed E-state index contributed by atoms with van der Waals surface area (Å²) in [7, 11) is 0. The Kier molecular flexibility index (Phi) is 8.40. The lowest BCUT2D eigenvalue weighted by Crippen LogP contribution is -2.16. The van der Waals surface area contributed by atoms with Crippen LogP contribution in [0.25, 0.3) is 0 Å². The molecule has 0 aliphatic carbocycles. The molecule has 0 aliphatic heterocycles. The summed E-state index contributed by atoms with van der Waals surface area (Å²) in [6.45, 7) is 8.70. The highest BCUT2D eigenvalue weighted by Crippen LogP contribution is 2.24. The molecule has 3 rings (SSSR count). The molecule has 1 unspecified atom stereocenters. The molecule has 5 nitrogen and oxygen atoms in total. The Morgan fingerprint density at radius 3 is 2.22 bits per heavy atom. The molecule has 0 bridgehead atoms. The fourth-order valence-electron chi connectivity index (χ4n) is 3.56. The van der Waals surface area contributed by atoms with Crippen LogP contribution in [0.4, 0.5) is 5.69 Å². The van der Waals surface area contributed by atoms with Gasteiger partial charge < -0.3 is 14.8 Å². The van der Waals surface area contributed by atoms with Crippen LogP contribution >= 0.6 is 0 Å². The molecule has 1 atom stereocenters. The smallest absolute Gasteiger partial charge is 0.257 e. The number of rotatable bonds is 10. The molecule has 168 valence electrons. The van der Waals surface area contributed by atoms with E-state index in [4.69, 9.17) is 9.47 Å². The molecule has 1 amide bonds. The van der Waals surface area contributed by atoms with Crippen molar-refractivity contribution in [3.8, 4) is 11.5 Å². The molecule has 0 radical (unpaired) electrons. The molecule has 1 N–H and O–H groups in total. The third kappa shape index (κ3) is 6.66. The lowest BCUT2D eigenvalue weighted by Gasteiger charge is -2.13. The summed E-state index contributed by atoms with van der Waals surface area (Å²) in [5.74, 6) is 1.33. The van der Waals surface area contributed by atoms with Gasteiger partial charge in [0.1, 0.15) is 11.5 Å². The van der Waals surface area contributed by atoms with Gasteiger partial charge in [-0.05, 0) is 81.3 Å². The van der Waals surface area contributed by atoms with E-state index in [2.05, 4.69) is 29.4 Å². The van der Waals surface area contributed by atoms with E-state index >= 15 is 0 Å². The molecular weight excluding hydrogens is 400 g/mol. The quantitative estimate of drug-likeness (QED) is 0.405. The standard InChI is InChI=1S/C27H32N2O3/c1-5-7-21-8-13-24(14-9-21)32-25-15-10-22(11-16-25)29-27(30)26-17-12-23(28-20(26)4)18-19(3)31-6-2/h8-17,19H,5-7,18H2,1-4H3,(H,29,30). The number of carbonyl (C=O) groups is 1. The van der Waals surface area contributed by atoms with Crippen LogP contribution in [0.1, 0.15) is 54.5 Å². The third-order valence-corrected chi connectivity index (χ3v) is 5.15. The van der Waals surface area contributed by atoms with Gasteiger partial charge in [-0.15, -0.1) is 0 Å². The molecular formula is C27H32N2O3. The van der Waals surface area contributed by atoms with Gasteiger partial charge in [0.15, 0.2) is 0 Å². The van der Waals surface area contributed by atoms with Crippen molar-refractivity contribution in [1.82, 2.24) is 4.98 Å². The molecule has 0 fully saturated rings. The van der Waals surface area contributed by atoms with Crippen molar-refractivity contribution in [2.45, 2.75) is 53.1 Å². The number of benzene rings is 2. The number of nitrogens with zero attached hydrogens (tertiary/aromatic N) is 1. The molecule has 5 heteroatoms. The molecule has 1 aromatic heterocycles. The largest absolute Gasteiger partial charge is 0.457 e. The van der Waals surface area contributed by atoms with Gasteiger partial charge in [-0.1, -0.05) is 25.5 Å². The topological polar surface area (TPSA) is 60.5 Å². The zero-order valence-electron chi connectivity index (χ0n) is 19.4. The first-order valence-corrected chi connectivity index (χ1v) is 11.2. The summed E-state index contributed by atoms with van der Waals surface area (Å²) < 4.78 is 11.5. The molecule has 3 aromatic rings. The summed E-state index contributed by atoms with van der Waals surface area (Å²) in [4.78, 5) is 17.3. The van der Waals surface area contributed by atoms with E-state index in [9.17, 15) is 4.79 Å². The average Bonchev–Trinajstić information content (AvgIpc) is 2.77. The highest BCUT2D eigenvalue weighted by molar-refractivity contribution is 6.05. The van der Waals surface area contributed by atoms with E-state index in [1.54, 1.807) is 0 Å². The van der Waals surface area contributed by atoms with Crippen molar-refractivity contribution >= 4 is 11.6 Å². The fraction of sp³-hybridized carbons (Fsp3) is 0.333. The van der Waals surface area contributed by atoms with Crippen molar-refractivity contribution in [1.29, 1.82) is 0 Å².